The van der Waals surface area contributed by atoms with Gasteiger partial charge in [0, 0.05) is 24.8 Å². The van der Waals surface area contributed by atoms with E-state index in [1.807, 2.05) is 10.9 Å². The highest BCUT2D eigenvalue weighted by molar-refractivity contribution is 5.39. The third-order valence-electron chi connectivity index (χ3n) is 4.73. The summed E-state index contributed by atoms with van der Waals surface area (Å²) in [6, 6.07) is 6.48. The molecule has 0 radical (unpaired) electrons. The molecule has 22 heavy (non-hydrogen) atoms. The zero-order valence-electron chi connectivity index (χ0n) is 13.6. The molecule has 1 fully saturated rings. The fourth-order valence-corrected chi connectivity index (χ4v) is 3.20. The molecule has 1 saturated heterocycles. The third-order valence-corrected chi connectivity index (χ3v) is 4.73. The maximum atomic E-state index is 5.82. The van der Waals surface area contributed by atoms with Crippen molar-refractivity contribution in [3.8, 4) is 5.69 Å². The van der Waals surface area contributed by atoms with Gasteiger partial charge in [0.1, 0.15) is 0 Å². The van der Waals surface area contributed by atoms with E-state index in [0.717, 1.165) is 25.3 Å². The lowest BCUT2D eigenvalue weighted by Gasteiger charge is -2.31. The number of nitrogens with two attached hydrogens (primary N) is 1. The Bertz CT molecular complexity index is 632. The van der Waals surface area contributed by atoms with Crippen LogP contribution in [0.2, 0.25) is 0 Å². The molecule has 0 saturated carbocycles. The molecule has 1 aliphatic rings. The Hall–Kier alpha value is -1.65. The van der Waals surface area contributed by atoms with Crippen LogP contribution in [0.15, 0.2) is 30.6 Å². The summed E-state index contributed by atoms with van der Waals surface area (Å²) in [5.74, 6) is 0.656. The first kappa shape index (κ1) is 15.3. The van der Waals surface area contributed by atoms with Crippen LogP contribution in [-0.2, 0) is 6.54 Å². The predicted molar refractivity (Wildman–Crippen MR) is 90.1 cm³/mol. The van der Waals surface area contributed by atoms with E-state index >= 15 is 0 Å². The second-order valence-electron chi connectivity index (χ2n) is 6.54. The van der Waals surface area contributed by atoms with Gasteiger partial charge in [-0.15, -0.1) is 0 Å². The number of benzene rings is 1. The van der Waals surface area contributed by atoms with Crippen LogP contribution in [0.25, 0.3) is 5.69 Å². The van der Waals surface area contributed by atoms with Crippen molar-refractivity contribution < 1.29 is 0 Å². The molecule has 2 N–H and O–H groups in total. The van der Waals surface area contributed by atoms with E-state index < -0.39 is 0 Å². The molecule has 0 unspecified atom stereocenters. The monoisotopic (exact) mass is 298 g/mol. The second-order valence-corrected chi connectivity index (χ2v) is 6.54. The molecule has 3 rings (SSSR count). The van der Waals surface area contributed by atoms with E-state index in [0.29, 0.717) is 5.92 Å². The molecule has 118 valence electrons. The van der Waals surface area contributed by atoms with Gasteiger partial charge < -0.3 is 5.73 Å². The van der Waals surface area contributed by atoms with E-state index in [2.05, 4.69) is 48.2 Å². The largest absolute Gasteiger partial charge is 0.330 e. The Labute approximate surface area is 132 Å². The van der Waals surface area contributed by atoms with Crippen LogP contribution >= 0.6 is 0 Å². The maximum absolute atomic E-state index is 5.82. The van der Waals surface area contributed by atoms with Crippen molar-refractivity contribution in [2.45, 2.75) is 33.2 Å². The number of nitrogens with zero attached hydrogens (tertiary/aromatic N) is 3. The van der Waals surface area contributed by atoms with Crippen LogP contribution in [0.3, 0.4) is 0 Å². The zero-order chi connectivity index (χ0) is 15.5. The van der Waals surface area contributed by atoms with Gasteiger partial charge in [-0.3, -0.25) is 4.90 Å². The first-order valence-electron chi connectivity index (χ1n) is 8.19. The summed E-state index contributed by atoms with van der Waals surface area (Å²) in [7, 11) is 0. The molecule has 1 aromatic heterocycles. The molecule has 2 aromatic rings. The van der Waals surface area contributed by atoms with Gasteiger partial charge in [0.2, 0.25) is 0 Å². The average molecular weight is 298 g/mol. The minimum atomic E-state index is 0.656. The maximum Gasteiger partial charge on any atom is 0.0648 e. The van der Waals surface area contributed by atoms with Gasteiger partial charge in [0.15, 0.2) is 0 Å². The van der Waals surface area contributed by atoms with Crippen molar-refractivity contribution in [1.29, 1.82) is 0 Å². The SMILES string of the molecule is Cc1ccc(-n2cc(CN3CCC[C@H](CN)C3)cn2)cc1C. The lowest BCUT2D eigenvalue weighted by atomic mass is 9.98. The molecular weight excluding hydrogens is 272 g/mol. The Morgan fingerprint density at radius 1 is 1.27 bits per heavy atom. The molecule has 0 spiro atoms. The smallest absolute Gasteiger partial charge is 0.0648 e. The molecule has 2 heterocycles. The number of piperidine rings is 1. The van der Waals surface area contributed by atoms with Crippen molar-refractivity contribution >= 4 is 0 Å². The van der Waals surface area contributed by atoms with Crippen LogP contribution in [0, 0.1) is 19.8 Å². The van der Waals surface area contributed by atoms with Gasteiger partial charge in [0.25, 0.3) is 0 Å². The first-order valence-corrected chi connectivity index (χ1v) is 8.19. The van der Waals surface area contributed by atoms with Gasteiger partial charge in [-0.25, -0.2) is 4.68 Å². The number of hydrogen-bond acceptors (Lipinski definition) is 3. The van der Waals surface area contributed by atoms with Crippen LogP contribution < -0.4 is 5.73 Å². The zero-order valence-corrected chi connectivity index (χ0v) is 13.6. The summed E-state index contributed by atoms with van der Waals surface area (Å²) in [6.07, 6.45) is 6.67. The van der Waals surface area contributed by atoms with E-state index in [4.69, 9.17) is 5.73 Å². The van der Waals surface area contributed by atoms with Gasteiger partial charge in [0.05, 0.1) is 11.9 Å². The van der Waals surface area contributed by atoms with Crippen molar-refractivity contribution in [3.05, 3.63) is 47.3 Å². The average Bonchev–Trinajstić information content (AvgIpc) is 2.98. The summed E-state index contributed by atoms with van der Waals surface area (Å²) in [5, 5.41) is 4.53. The van der Waals surface area contributed by atoms with Crippen molar-refractivity contribution in [1.82, 2.24) is 14.7 Å². The quantitative estimate of drug-likeness (QED) is 0.944. The number of rotatable bonds is 4. The molecule has 4 heteroatoms. The summed E-state index contributed by atoms with van der Waals surface area (Å²) in [5.41, 5.74) is 10.8. The van der Waals surface area contributed by atoms with E-state index in [1.165, 1.54) is 36.1 Å². The predicted octanol–water partition coefficient (Wildman–Crippen LogP) is 2.66. The minimum absolute atomic E-state index is 0.656. The highest BCUT2D eigenvalue weighted by atomic mass is 15.3. The van der Waals surface area contributed by atoms with Crippen LogP contribution in [0.1, 0.15) is 29.5 Å². The Balaban J connectivity index is 1.69. The summed E-state index contributed by atoms with van der Waals surface area (Å²) in [4.78, 5) is 2.50. The summed E-state index contributed by atoms with van der Waals surface area (Å²) >= 11 is 0. The fourth-order valence-electron chi connectivity index (χ4n) is 3.20. The normalized spacial score (nSPS) is 19.5. The molecular formula is C18H26N4. The standard InChI is InChI=1S/C18H26N4/c1-14-5-6-18(8-15(14)2)22-13-17(10-20-22)12-21-7-3-4-16(9-19)11-21/h5-6,8,10,13,16H,3-4,7,9,11-12,19H2,1-2H3/t16-/m1/s1. The topological polar surface area (TPSA) is 47.1 Å². The number of hydrogen-bond donors (Lipinski definition) is 1. The van der Waals surface area contributed by atoms with Crippen molar-refractivity contribution in [2.24, 2.45) is 11.7 Å². The highest BCUT2D eigenvalue weighted by Crippen LogP contribution is 2.19. The Kier molecular flexibility index (Phi) is 4.60. The van der Waals surface area contributed by atoms with Crippen molar-refractivity contribution in [2.75, 3.05) is 19.6 Å². The van der Waals surface area contributed by atoms with Gasteiger partial charge in [-0.1, -0.05) is 6.07 Å². The van der Waals surface area contributed by atoms with E-state index in [-0.39, 0.29) is 0 Å². The van der Waals surface area contributed by atoms with Gasteiger partial charge in [-0.05, 0) is 69.0 Å². The molecule has 1 aromatic carbocycles. The van der Waals surface area contributed by atoms with Crippen LogP contribution in [0.5, 0.6) is 0 Å². The number of aromatic nitrogens is 2. The lowest BCUT2D eigenvalue weighted by Crippen LogP contribution is -2.37. The van der Waals surface area contributed by atoms with Gasteiger partial charge >= 0.3 is 0 Å². The third kappa shape index (κ3) is 3.39. The van der Waals surface area contributed by atoms with E-state index in [9.17, 15) is 0 Å². The number of aryl methyl sites for hydroxylation is 2. The molecule has 1 aliphatic heterocycles. The summed E-state index contributed by atoms with van der Waals surface area (Å²) in [6.45, 7) is 8.35. The molecule has 0 aliphatic carbocycles. The van der Waals surface area contributed by atoms with Gasteiger partial charge in [-0.2, -0.15) is 5.10 Å². The minimum Gasteiger partial charge on any atom is -0.330 e. The molecule has 0 bridgehead atoms. The second kappa shape index (κ2) is 6.63. The summed E-state index contributed by atoms with van der Waals surface area (Å²) < 4.78 is 1.98. The Morgan fingerprint density at radius 2 is 2.14 bits per heavy atom. The molecule has 1 atom stereocenters. The first-order chi connectivity index (χ1) is 10.7. The Morgan fingerprint density at radius 3 is 2.91 bits per heavy atom. The molecule has 0 amide bonds. The molecule has 4 nitrogen and oxygen atoms in total. The number of likely N-dealkylation sites (tertiary alicyclic amines) is 1. The highest BCUT2D eigenvalue weighted by Gasteiger charge is 2.19. The van der Waals surface area contributed by atoms with Crippen LogP contribution in [-0.4, -0.2) is 34.3 Å². The van der Waals surface area contributed by atoms with Crippen LogP contribution in [0.4, 0.5) is 0 Å². The van der Waals surface area contributed by atoms with Crippen molar-refractivity contribution in [3.63, 3.8) is 0 Å². The fraction of sp³-hybridized carbons (Fsp3) is 0.500. The lowest BCUT2D eigenvalue weighted by molar-refractivity contribution is 0.171. The van der Waals surface area contributed by atoms with E-state index in [1.54, 1.807) is 0 Å².